The number of nitrogens with zero attached hydrogens (tertiary/aromatic N) is 2. The molecule has 1 aromatic heterocycles. The van der Waals surface area contributed by atoms with E-state index in [0.717, 1.165) is 12.1 Å². The number of aromatic nitrogens is 2. The average Bonchev–Trinajstić information content (AvgIpc) is 2.56. The van der Waals surface area contributed by atoms with Gasteiger partial charge in [0, 0.05) is 31.0 Å². The fourth-order valence-electron chi connectivity index (χ4n) is 2.08. The largest absolute Gasteiger partial charge is 0.351 e. The highest BCUT2D eigenvalue weighted by Crippen LogP contribution is 2.16. The Hall–Kier alpha value is -2.96. The van der Waals surface area contributed by atoms with Gasteiger partial charge in [0.1, 0.15) is 5.69 Å². The van der Waals surface area contributed by atoms with E-state index in [2.05, 4.69) is 39.8 Å². The number of anilines is 3. The molecule has 1 heterocycles. The van der Waals surface area contributed by atoms with Crippen LogP contribution in [0.15, 0.2) is 36.5 Å². The van der Waals surface area contributed by atoms with Gasteiger partial charge < -0.3 is 16.0 Å². The lowest BCUT2D eigenvalue weighted by molar-refractivity contribution is -0.114. The van der Waals surface area contributed by atoms with Crippen molar-refractivity contribution in [3.05, 3.63) is 42.2 Å². The molecule has 2 rings (SSSR count). The number of benzene rings is 1. The minimum Gasteiger partial charge on any atom is -0.351 e. The lowest BCUT2D eigenvalue weighted by Gasteiger charge is -2.09. The molecular formula is C18H23N5O2. The normalized spacial score (nSPS) is 10.4. The second-order valence-electron chi connectivity index (χ2n) is 6.09. The van der Waals surface area contributed by atoms with Gasteiger partial charge in [-0.2, -0.15) is 0 Å². The lowest BCUT2D eigenvalue weighted by atomic mass is 10.1. The van der Waals surface area contributed by atoms with E-state index < -0.39 is 0 Å². The smallest absolute Gasteiger partial charge is 0.270 e. The van der Waals surface area contributed by atoms with Gasteiger partial charge in [-0.3, -0.25) is 9.59 Å². The van der Waals surface area contributed by atoms with Crippen molar-refractivity contribution in [2.24, 2.45) is 5.92 Å². The number of rotatable bonds is 7. The van der Waals surface area contributed by atoms with Crippen molar-refractivity contribution in [3.63, 3.8) is 0 Å². The molecular weight excluding hydrogens is 318 g/mol. The first kappa shape index (κ1) is 18.4. The second kappa shape index (κ2) is 8.77. The minimum atomic E-state index is -0.216. The molecule has 0 atom stereocenters. The Balaban J connectivity index is 1.98. The predicted molar refractivity (Wildman–Crippen MR) is 97.8 cm³/mol. The van der Waals surface area contributed by atoms with Gasteiger partial charge in [-0.05, 0) is 42.7 Å². The third-order valence-electron chi connectivity index (χ3n) is 3.36. The van der Waals surface area contributed by atoms with Gasteiger partial charge >= 0.3 is 0 Å². The van der Waals surface area contributed by atoms with Gasteiger partial charge in [0.15, 0.2) is 0 Å². The summed E-state index contributed by atoms with van der Waals surface area (Å²) >= 11 is 0. The molecule has 2 amide bonds. The molecule has 0 spiro atoms. The van der Waals surface area contributed by atoms with Crippen LogP contribution >= 0.6 is 0 Å². The Labute approximate surface area is 147 Å². The van der Waals surface area contributed by atoms with E-state index in [0.29, 0.717) is 29.8 Å². The average molecular weight is 341 g/mol. The molecule has 0 saturated heterocycles. The maximum atomic E-state index is 12.1. The molecule has 7 nitrogen and oxygen atoms in total. The first-order valence-electron chi connectivity index (χ1n) is 8.20. The third-order valence-corrected chi connectivity index (χ3v) is 3.36. The van der Waals surface area contributed by atoms with Crippen LogP contribution in [0, 0.1) is 5.92 Å². The van der Waals surface area contributed by atoms with Crippen molar-refractivity contribution in [2.75, 3.05) is 17.2 Å². The van der Waals surface area contributed by atoms with Crippen LogP contribution in [0.1, 0.15) is 37.7 Å². The number of carbonyl (C=O) groups excluding carboxylic acids is 2. The van der Waals surface area contributed by atoms with Crippen LogP contribution in [-0.4, -0.2) is 28.3 Å². The maximum absolute atomic E-state index is 12.1. The van der Waals surface area contributed by atoms with Crippen molar-refractivity contribution in [2.45, 2.75) is 27.2 Å². The van der Waals surface area contributed by atoms with E-state index in [4.69, 9.17) is 0 Å². The van der Waals surface area contributed by atoms with Crippen molar-refractivity contribution in [1.29, 1.82) is 0 Å². The zero-order chi connectivity index (χ0) is 18.2. The molecule has 7 heteroatoms. The fourth-order valence-corrected chi connectivity index (χ4v) is 2.08. The number of hydrogen-bond acceptors (Lipinski definition) is 5. The quantitative estimate of drug-likeness (QED) is 0.719. The molecule has 2 aromatic rings. The molecule has 0 aliphatic heterocycles. The Morgan fingerprint density at radius 1 is 1.08 bits per heavy atom. The standard InChI is InChI=1S/C18H23N5O2/c1-12(2)8-10-19-17(25)16-9-11-20-18(23-16)22-15-6-4-14(5-7-15)21-13(3)24/h4-7,9,11-12H,8,10H2,1-3H3,(H,19,25)(H,21,24)(H,20,22,23). The van der Waals surface area contributed by atoms with Crippen LogP contribution in [0.25, 0.3) is 0 Å². The predicted octanol–water partition coefficient (Wildman–Crippen LogP) is 2.95. The van der Waals surface area contributed by atoms with Gasteiger partial charge in [0.2, 0.25) is 11.9 Å². The Morgan fingerprint density at radius 3 is 2.40 bits per heavy atom. The highest BCUT2D eigenvalue weighted by atomic mass is 16.2. The lowest BCUT2D eigenvalue weighted by Crippen LogP contribution is -2.26. The maximum Gasteiger partial charge on any atom is 0.270 e. The SMILES string of the molecule is CC(=O)Nc1ccc(Nc2nccc(C(=O)NCCC(C)C)n2)cc1. The Kier molecular flexibility index (Phi) is 6.45. The monoisotopic (exact) mass is 341 g/mol. The highest BCUT2D eigenvalue weighted by Gasteiger charge is 2.09. The number of carbonyl (C=O) groups is 2. The molecule has 3 N–H and O–H groups in total. The van der Waals surface area contributed by atoms with Crippen molar-refractivity contribution >= 4 is 29.1 Å². The summed E-state index contributed by atoms with van der Waals surface area (Å²) in [6.45, 7) is 6.29. The molecule has 25 heavy (non-hydrogen) atoms. The minimum absolute atomic E-state index is 0.125. The highest BCUT2D eigenvalue weighted by molar-refractivity contribution is 5.92. The summed E-state index contributed by atoms with van der Waals surface area (Å²) in [5.41, 5.74) is 1.78. The summed E-state index contributed by atoms with van der Waals surface area (Å²) in [6.07, 6.45) is 2.46. The van der Waals surface area contributed by atoms with Crippen LogP contribution in [-0.2, 0) is 4.79 Å². The summed E-state index contributed by atoms with van der Waals surface area (Å²) in [4.78, 5) is 31.5. The van der Waals surface area contributed by atoms with E-state index in [1.54, 1.807) is 36.5 Å². The molecule has 0 radical (unpaired) electrons. The number of hydrogen-bond donors (Lipinski definition) is 3. The molecule has 0 fully saturated rings. The van der Waals surface area contributed by atoms with E-state index in [1.165, 1.54) is 6.92 Å². The van der Waals surface area contributed by atoms with Crippen molar-refractivity contribution in [3.8, 4) is 0 Å². The van der Waals surface area contributed by atoms with Crippen LogP contribution in [0.3, 0.4) is 0 Å². The van der Waals surface area contributed by atoms with Gasteiger partial charge in [-0.1, -0.05) is 13.8 Å². The van der Waals surface area contributed by atoms with Crippen LogP contribution in [0.4, 0.5) is 17.3 Å². The van der Waals surface area contributed by atoms with Crippen molar-refractivity contribution in [1.82, 2.24) is 15.3 Å². The van der Waals surface area contributed by atoms with E-state index in [9.17, 15) is 9.59 Å². The van der Waals surface area contributed by atoms with Gasteiger partial charge in [-0.25, -0.2) is 9.97 Å². The second-order valence-corrected chi connectivity index (χ2v) is 6.09. The summed E-state index contributed by atoms with van der Waals surface area (Å²) in [5, 5.41) is 8.59. The van der Waals surface area contributed by atoms with Gasteiger partial charge in [0.05, 0.1) is 0 Å². The van der Waals surface area contributed by atoms with Crippen LogP contribution < -0.4 is 16.0 Å². The molecule has 0 saturated carbocycles. The fraction of sp³-hybridized carbons (Fsp3) is 0.333. The topological polar surface area (TPSA) is 96.0 Å². The number of nitrogens with one attached hydrogen (secondary N) is 3. The zero-order valence-electron chi connectivity index (χ0n) is 14.7. The molecule has 1 aromatic carbocycles. The Morgan fingerprint density at radius 2 is 1.76 bits per heavy atom. The first-order chi connectivity index (χ1) is 11.9. The van der Waals surface area contributed by atoms with Gasteiger partial charge in [0.25, 0.3) is 5.91 Å². The van der Waals surface area contributed by atoms with Crippen LogP contribution in [0.5, 0.6) is 0 Å². The van der Waals surface area contributed by atoms with Crippen molar-refractivity contribution < 1.29 is 9.59 Å². The summed E-state index contributed by atoms with van der Waals surface area (Å²) in [7, 11) is 0. The third kappa shape index (κ3) is 6.21. The van der Waals surface area contributed by atoms with Crippen LogP contribution in [0.2, 0.25) is 0 Å². The van der Waals surface area contributed by atoms with Gasteiger partial charge in [-0.15, -0.1) is 0 Å². The molecule has 0 unspecified atom stereocenters. The molecule has 132 valence electrons. The zero-order valence-corrected chi connectivity index (χ0v) is 14.7. The summed E-state index contributed by atoms with van der Waals surface area (Å²) in [6, 6.07) is 8.71. The summed E-state index contributed by atoms with van der Waals surface area (Å²) < 4.78 is 0. The number of amides is 2. The van der Waals surface area contributed by atoms with E-state index >= 15 is 0 Å². The van der Waals surface area contributed by atoms with E-state index in [-0.39, 0.29) is 11.8 Å². The molecule has 0 aliphatic rings. The Bertz CT molecular complexity index is 729. The molecule has 0 bridgehead atoms. The van der Waals surface area contributed by atoms with E-state index in [1.807, 2.05) is 0 Å². The summed E-state index contributed by atoms with van der Waals surface area (Å²) in [5.74, 6) is 0.527. The molecule has 0 aliphatic carbocycles. The first-order valence-corrected chi connectivity index (χ1v) is 8.20.